The number of piperidine rings is 1. The van der Waals surface area contributed by atoms with Crippen molar-refractivity contribution in [3.05, 3.63) is 29.8 Å². The third-order valence-electron chi connectivity index (χ3n) is 5.00. The van der Waals surface area contributed by atoms with E-state index in [4.69, 9.17) is 4.74 Å². The van der Waals surface area contributed by atoms with E-state index in [2.05, 4.69) is 22.6 Å². The Labute approximate surface area is 132 Å². The summed E-state index contributed by atoms with van der Waals surface area (Å²) in [6.45, 7) is 0.495. The monoisotopic (exact) mass is 303 g/mol. The molecule has 2 amide bonds. The van der Waals surface area contributed by atoms with Crippen LogP contribution in [0.2, 0.25) is 0 Å². The van der Waals surface area contributed by atoms with Crippen LogP contribution in [0.1, 0.15) is 31.2 Å². The lowest BCUT2D eigenvalue weighted by Crippen LogP contribution is -2.49. The minimum Gasteiger partial charge on any atom is -0.380 e. The number of para-hydroxylation sites is 1. The van der Waals surface area contributed by atoms with Crippen LogP contribution < -0.4 is 10.6 Å². The van der Waals surface area contributed by atoms with Gasteiger partial charge in [-0.25, -0.2) is 4.79 Å². The molecule has 1 aromatic rings. The Bertz CT molecular complexity index is 520. The fourth-order valence-electron chi connectivity index (χ4n) is 3.80. The van der Waals surface area contributed by atoms with Crippen molar-refractivity contribution in [2.75, 3.05) is 19.5 Å². The molecule has 0 aliphatic carbocycles. The molecule has 120 valence electrons. The summed E-state index contributed by atoms with van der Waals surface area (Å²) < 4.78 is 5.17. The van der Waals surface area contributed by atoms with Crippen molar-refractivity contribution in [1.29, 1.82) is 0 Å². The Balaban J connectivity index is 1.57. The molecule has 0 radical (unpaired) electrons. The van der Waals surface area contributed by atoms with E-state index < -0.39 is 0 Å². The lowest BCUT2D eigenvalue weighted by molar-refractivity contribution is 0.151. The van der Waals surface area contributed by atoms with Crippen molar-refractivity contribution in [1.82, 2.24) is 10.2 Å². The summed E-state index contributed by atoms with van der Waals surface area (Å²) in [5.74, 6) is 0. The van der Waals surface area contributed by atoms with E-state index in [0.29, 0.717) is 18.7 Å². The highest BCUT2D eigenvalue weighted by Crippen LogP contribution is 2.34. The second-order valence-corrected chi connectivity index (χ2v) is 6.41. The first-order valence-corrected chi connectivity index (χ1v) is 8.03. The maximum atomic E-state index is 12.3. The molecule has 1 unspecified atom stereocenters. The minimum atomic E-state index is -0.113. The molecule has 0 aromatic heterocycles. The third-order valence-corrected chi connectivity index (χ3v) is 5.00. The molecular formula is C17H25N3O2. The fraction of sp³-hybridized carbons (Fsp3) is 0.588. The molecule has 3 rings (SSSR count). The van der Waals surface area contributed by atoms with E-state index in [1.165, 1.54) is 12.8 Å². The second-order valence-electron chi connectivity index (χ2n) is 6.41. The number of ether oxygens (including phenoxy) is 1. The first kappa shape index (κ1) is 15.3. The molecule has 2 aliphatic rings. The normalized spacial score (nSPS) is 27.6. The number of carbonyl (C=O) groups excluding carboxylic acids is 1. The molecule has 22 heavy (non-hydrogen) atoms. The highest BCUT2D eigenvalue weighted by atomic mass is 16.5. The smallest absolute Gasteiger partial charge is 0.319 e. The van der Waals surface area contributed by atoms with E-state index >= 15 is 0 Å². The van der Waals surface area contributed by atoms with Crippen LogP contribution in [0.4, 0.5) is 10.5 Å². The van der Waals surface area contributed by atoms with Gasteiger partial charge in [0, 0.05) is 36.5 Å². The number of nitrogens with zero attached hydrogens (tertiary/aromatic N) is 1. The molecule has 5 nitrogen and oxygen atoms in total. The van der Waals surface area contributed by atoms with Crippen LogP contribution >= 0.6 is 0 Å². The average Bonchev–Trinajstić information content (AvgIpc) is 2.72. The van der Waals surface area contributed by atoms with Gasteiger partial charge in [-0.05, 0) is 38.8 Å². The molecule has 2 aliphatic heterocycles. The largest absolute Gasteiger partial charge is 0.380 e. The zero-order valence-electron chi connectivity index (χ0n) is 13.3. The Morgan fingerprint density at radius 3 is 2.64 bits per heavy atom. The number of carbonyl (C=O) groups is 1. The Morgan fingerprint density at radius 1 is 1.27 bits per heavy atom. The molecule has 0 saturated carbocycles. The van der Waals surface area contributed by atoms with Gasteiger partial charge in [0.2, 0.25) is 0 Å². The zero-order chi connectivity index (χ0) is 15.5. The van der Waals surface area contributed by atoms with E-state index in [9.17, 15) is 4.79 Å². The van der Waals surface area contributed by atoms with Gasteiger partial charge in [-0.15, -0.1) is 0 Å². The molecule has 3 atom stereocenters. The van der Waals surface area contributed by atoms with Gasteiger partial charge in [-0.2, -0.15) is 0 Å². The third kappa shape index (κ3) is 3.25. The molecule has 5 heteroatoms. The van der Waals surface area contributed by atoms with Crippen LogP contribution in [0, 0.1) is 0 Å². The number of nitrogens with one attached hydrogen (secondary N) is 2. The van der Waals surface area contributed by atoms with Crippen LogP contribution in [0.3, 0.4) is 0 Å². The van der Waals surface area contributed by atoms with E-state index in [0.717, 1.165) is 24.1 Å². The maximum Gasteiger partial charge on any atom is 0.319 e. The number of hydrogen-bond donors (Lipinski definition) is 2. The van der Waals surface area contributed by atoms with E-state index in [1.54, 1.807) is 7.11 Å². The SMILES string of the molecule is COCc1ccccc1NC(=O)NC1C[C@H]2CC[C@@H](C1)N2C. The van der Waals surface area contributed by atoms with Crippen LogP contribution in [-0.4, -0.2) is 43.2 Å². The Hall–Kier alpha value is -1.59. The van der Waals surface area contributed by atoms with Gasteiger partial charge < -0.3 is 20.3 Å². The molecular weight excluding hydrogens is 278 g/mol. The van der Waals surface area contributed by atoms with Crippen LogP contribution in [-0.2, 0) is 11.3 Å². The average molecular weight is 303 g/mol. The van der Waals surface area contributed by atoms with E-state index in [1.807, 2.05) is 24.3 Å². The number of benzene rings is 1. The summed E-state index contributed by atoms with van der Waals surface area (Å²) in [5, 5.41) is 6.10. The molecule has 2 heterocycles. The molecule has 0 spiro atoms. The van der Waals surface area contributed by atoms with Crippen molar-refractivity contribution in [2.45, 2.75) is 50.4 Å². The number of amides is 2. The van der Waals surface area contributed by atoms with Gasteiger partial charge in [-0.1, -0.05) is 18.2 Å². The van der Waals surface area contributed by atoms with Crippen molar-refractivity contribution in [2.24, 2.45) is 0 Å². The van der Waals surface area contributed by atoms with Gasteiger partial charge in [0.05, 0.1) is 6.61 Å². The molecule has 2 bridgehead atoms. The summed E-state index contributed by atoms with van der Waals surface area (Å²) >= 11 is 0. The van der Waals surface area contributed by atoms with Gasteiger partial charge in [0.25, 0.3) is 0 Å². The first-order valence-electron chi connectivity index (χ1n) is 8.03. The van der Waals surface area contributed by atoms with Crippen LogP contribution in [0.25, 0.3) is 0 Å². The van der Waals surface area contributed by atoms with Crippen LogP contribution in [0.5, 0.6) is 0 Å². The standard InChI is InChI=1S/C17H25N3O2/c1-20-14-7-8-15(20)10-13(9-14)18-17(21)19-16-6-4-3-5-12(16)11-22-2/h3-6,13-15H,7-11H2,1-2H3,(H2,18,19,21)/t13?,14-,15+. The van der Waals surface area contributed by atoms with Gasteiger partial charge in [-0.3, -0.25) is 0 Å². The minimum absolute atomic E-state index is 0.113. The summed E-state index contributed by atoms with van der Waals surface area (Å²) in [4.78, 5) is 14.8. The van der Waals surface area contributed by atoms with Crippen molar-refractivity contribution in [3.8, 4) is 0 Å². The highest BCUT2D eigenvalue weighted by Gasteiger charge is 2.38. The highest BCUT2D eigenvalue weighted by molar-refractivity contribution is 5.90. The van der Waals surface area contributed by atoms with Gasteiger partial charge in [0.15, 0.2) is 0 Å². The van der Waals surface area contributed by atoms with Crippen molar-refractivity contribution in [3.63, 3.8) is 0 Å². The summed E-state index contributed by atoms with van der Waals surface area (Å²) in [7, 11) is 3.87. The number of anilines is 1. The summed E-state index contributed by atoms with van der Waals surface area (Å²) in [6.07, 6.45) is 4.63. The quantitative estimate of drug-likeness (QED) is 0.899. The lowest BCUT2D eigenvalue weighted by Gasteiger charge is -2.36. The zero-order valence-corrected chi connectivity index (χ0v) is 13.3. The number of rotatable bonds is 4. The predicted molar refractivity (Wildman–Crippen MR) is 86.9 cm³/mol. The second kappa shape index (κ2) is 6.67. The first-order chi connectivity index (χ1) is 10.7. The number of methoxy groups -OCH3 is 1. The maximum absolute atomic E-state index is 12.3. The Kier molecular flexibility index (Phi) is 4.64. The summed E-state index contributed by atoms with van der Waals surface area (Å²) in [6, 6.07) is 9.17. The summed E-state index contributed by atoms with van der Waals surface area (Å²) in [5.41, 5.74) is 1.81. The van der Waals surface area contributed by atoms with Crippen molar-refractivity contribution < 1.29 is 9.53 Å². The van der Waals surface area contributed by atoms with Gasteiger partial charge in [0.1, 0.15) is 0 Å². The molecule has 1 aromatic carbocycles. The lowest BCUT2D eigenvalue weighted by atomic mass is 9.98. The number of urea groups is 1. The Morgan fingerprint density at radius 2 is 1.95 bits per heavy atom. The number of hydrogen-bond acceptors (Lipinski definition) is 3. The van der Waals surface area contributed by atoms with E-state index in [-0.39, 0.29) is 12.1 Å². The molecule has 2 N–H and O–H groups in total. The fourth-order valence-corrected chi connectivity index (χ4v) is 3.80. The topological polar surface area (TPSA) is 53.6 Å². The predicted octanol–water partition coefficient (Wildman–Crippen LogP) is 2.58. The van der Waals surface area contributed by atoms with Crippen molar-refractivity contribution >= 4 is 11.7 Å². The van der Waals surface area contributed by atoms with Gasteiger partial charge >= 0.3 is 6.03 Å². The molecule has 2 fully saturated rings. The molecule has 2 saturated heterocycles. The van der Waals surface area contributed by atoms with Crippen LogP contribution in [0.15, 0.2) is 24.3 Å². The number of fused-ring (bicyclic) bond motifs is 2.